The number of anilines is 1. The van der Waals surface area contributed by atoms with E-state index in [9.17, 15) is 9.59 Å². The minimum Gasteiger partial charge on any atom is -0.481 e. The lowest BCUT2D eigenvalue weighted by Gasteiger charge is -2.13. The van der Waals surface area contributed by atoms with E-state index in [1.807, 2.05) is 30.3 Å². The van der Waals surface area contributed by atoms with Crippen LogP contribution in [0.5, 0.6) is 5.88 Å². The van der Waals surface area contributed by atoms with Crippen molar-refractivity contribution in [2.45, 2.75) is 13.0 Å². The van der Waals surface area contributed by atoms with Gasteiger partial charge in [-0.05, 0) is 24.6 Å². The first-order chi connectivity index (χ1) is 11.6. The third-order valence-electron chi connectivity index (χ3n) is 3.19. The van der Waals surface area contributed by atoms with Crippen molar-refractivity contribution in [3.63, 3.8) is 0 Å². The van der Waals surface area contributed by atoms with Gasteiger partial charge in [0.2, 0.25) is 17.7 Å². The minimum absolute atomic E-state index is 0.330. The fraction of sp³-hybridized carbons (Fsp3) is 0.167. The van der Waals surface area contributed by atoms with Gasteiger partial charge >= 0.3 is 0 Å². The van der Waals surface area contributed by atoms with Crippen LogP contribution >= 0.6 is 0 Å². The van der Waals surface area contributed by atoms with Gasteiger partial charge in [0.05, 0.1) is 19.0 Å². The average molecular weight is 325 g/mol. The Morgan fingerprint density at radius 1 is 1.17 bits per heavy atom. The molecule has 2 amide bonds. The fourth-order valence-corrected chi connectivity index (χ4v) is 1.89. The number of amides is 2. The largest absolute Gasteiger partial charge is 0.481 e. The van der Waals surface area contributed by atoms with E-state index in [2.05, 4.69) is 15.6 Å². The summed E-state index contributed by atoms with van der Waals surface area (Å²) in [5.74, 6) is -0.210. The summed E-state index contributed by atoms with van der Waals surface area (Å²) >= 11 is 0. The van der Waals surface area contributed by atoms with Crippen molar-refractivity contribution in [1.82, 2.24) is 10.3 Å². The van der Waals surface area contributed by atoms with Crippen molar-refractivity contribution in [3.8, 4) is 5.88 Å². The Bertz CT molecular complexity index is 712. The number of carbonyl (C=O) groups excluding carboxylic acids is 2. The Hall–Kier alpha value is -3.15. The highest BCUT2D eigenvalue weighted by atomic mass is 16.5. The second-order valence-corrected chi connectivity index (χ2v) is 5.05. The normalized spacial score (nSPS) is 11.8. The Labute approximate surface area is 140 Å². The molecule has 0 spiro atoms. The summed E-state index contributed by atoms with van der Waals surface area (Å²) in [5, 5.41) is 5.29. The number of benzene rings is 1. The molecule has 0 aliphatic carbocycles. The van der Waals surface area contributed by atoms with Crippen molar-refractivity contribution < 1.29 is 14.3 Å². The molecule has 0 unspecified atom stereocenters. The van der Waals surface area contributed by atoms with Gasteiger partial charge in [-0.3, -0.25) is 9.59 Å². The van der Waals surface area contributed by atoms with Gasteiger partial charge in [-0.2, -0.15) is 0 Å². The highest BCUT2D eigenvalue weighted by molar-refractivity contribution is 5.99. The Morgan fingerprint density at radius 2 is 1.92 bits per heavy atom. The zero-order chi connectivity index (χ0) is 17.4. The summed E-state index contributed by atoms with van der Waals surface area (Å²) < 4.78 is 4.95. The average Bonchev–Trinajstić information content (AvgIpc) is 2.61. The predicted molar refractivity (Wildman–Crippen MR) is 92.5 cm³/mol. The van der Waals surface area contributed by atoms with Crippen LogP contribution in [-0.4, -0.2) is 29.9 Å². The number of rotatable bonds is 6. The molecule has 1 atom stereocenters. The van der Waals surface area contributed by atoms with E-state index in [-0.39, 0.29) is 11.8 Å². The third kappa shape index (κ3) is 5.24. The number of hydrogen-bond donors (Lipinski definition) is 2. The molecule has 6 heteroatoms. The molecule has 0 radical (unpaired) electrons. The summed E-state index contributed by atoms with van der Waals surface area (Å²) in [5.41, 5.74) is 1.44. The molecule has 124 valence electrons. The topological polar surface area (TPSA) is 80.3 Å². The van der Waals surface area contributed by atoms with E-state index in [0.717, 1.165) is 5.56 Å². The van der Waals surface area contributed by atoms with Crippen LogP contribution in [0.25, 0.3) is 6.08 Å². The van der Waals surface area contributed by atoms with Gasteiger partial charge in [-0.1, -0.05) is 30.3 Å². The molecule has 2 aromatic rings. The molecule has 0 saturated carbocycles. The minimum atomic E-state index is -0.681. The van der Waals surface area contributed by atoms with Gasteiger partial charge in [-0.15, -0.1) is 0 Å². The van der Waals surface area contributed by atoms with Crippen molar-refractivity contribution in [1.29, 1.82) is 0 Å². The van der Waals surface area contributed by atoms with E-state index >= 15 is 0 Å². The standard InChI is InChI=1S/C18H19N3O3/c1-13(18(23)21-15-9-11-17(24-2)19-12-15)20-16(22)10-8-14-6-4-3-5-7-14/h3-13H,1-2H3,(H,20,22)(H,21,23)/b10-8+/t13-/m0/s1. The number of aromatic nitrogens is 1. The lowest BCUT2D eigenvalue weighted by molar-refractivity contribution is -0.123. The van der Waals surface area contributed by atoms with Gasteiger partial charge in [0.1, 0.15) is 6.04 Å². The summed E-state index contributed by atoms with van der Waals surface area (Å²) in [4.78, 5) is 27.9. The van der Waals surface area contributed by atoms with Gasteiger partial charge in [-0.25, -0.2) is 4.98 Å². The van der Waals surface area contributed by atoms with Crippen LogP contribution in [0.1, 0.15) is 12.5 Å². The summed E-state index contributed by atoms with van der Waals surface area (Å²) in [6, 6.07) is 12.1. The second kappa shape index (κ2) is 8.47. The van der Waals surface area contributed by atoms with Crippen LogP contribution in [0, 0.1) is 0 Å². The fourth-order valence-electron chi connectivity index (χ4n) is 1.89. The number of nitrogens with zero attached hydrogens (tertiary/aromatic N) is 1. The molecule has 2 N–H and O–H groups in total. The molecular weight excluding hydrogens is 306 g/mol. The highest BCUT2D eigenvalue weighted by Gasteiger charge is 2.14. The van der Waals surface area contributed by atoms with Crippen molar-refractivity contribution in [3.05, 3.63) is 60.3 Å². The van der Waals surface area contributed by atoms with Crippen LogP contribution < -0.4 is 15.4 Å². The van der Waals surface area contributed by atoms with Crippen molar-refractivity contribution >= 4 is 23.6 Å². The van der Waals surface area contributed by atoms with E-state index < -0.39 is 6.04 Å². The van der Waals surface area contributed by atoms with Crippen LogP contribution in [0.4, 0.5) is 5.69 Å². The zero-order valence-electron chi connectivity index (χ0n) is 13.5. The van der Waals surface area contributed by atoms with E-state index in [4.69, 9.17) is 4.74 Å². The Morgan fingerprint density at radius 3 is 2.54 bits per heavy atom. The number of pyridine rings is 1. The van der Waals surface area contributed by atoms with Gasteiger partial charge in [0.25, 0.3) is 0 Å². The molecule has 0 fully saturated rings. The van der Waals surface area contributed by atoms with Crippen molar-refractivity contribution in [2.24, 2.45) is 0 Å². The first-order valence-corrected chi connectivity index (χ1v) is 7.43. The maximum absolute atomic E-state index is 12.1. The van der Waals surface area contributed by atoms with Crippen LogP contribution in [0.15, 0.2) is 54.7 Å². The first kappa shape index (κ1) is 17.2. The molecule has 0 aliphatic heterocycles. The first-order valence-electron chi connectivity index (χ1n) is 7.43. The lowest BCUT2D eigenvalue weighted by Crippen LogP contribution is -2.40. The predicted octanol–water partition coefficient (Wildman–Crippen LogP) is 2.25. The highest BCUT2D eigenvalue weighted by Crippen LogP contribution is 2.11. The van der Waals surface area contributed by atoms with Gasteiger partial charge in [0.15, 0.2) is 0 Å². The smallest absolute Gasteiger partial charge is 0.246 e. The monoisotopic (exact) mass is 325 g/mol. The zero-order valence-corrected chi connectivity index (χ0v) is 13.5. The summed E-state index contributed by atoms with van der Waals surface area (Å²) in [6.07, 6.45) is 4.57. The third-order valence-corrected chi connectivity index (χ3v) is 3.19. The van der Waals surface area contributed by atoms with Crippen LogP contribution in [0.3, 0.4) is 0 Å². The number of methoxy groups -OCH3 is 1. The van der Waals surface area contributed by atoms with Gasteiger partial charge in [0, 0.05) is 12.1 Å². The van der Waals surface area contributed by atoms with E-state index in [1.54, 1.807) is 25.1 Å². The number of carbonyl (C=O) groups is 2. The lowest BCUT2D eigenvalue weighted by atomic mass is 10.2. The van der Waals surface area contributed by atoms with Crippen LogP contribution in [0.2, 0.25) is 0 Å². The maximum Gasteiger partial charge on any atom is 0.246 e. The molecule has 1 heterocycles. The van der Waals surface area contributed by atoms with E-state index in [1.165, 1.54) is 19.4 Å². The molecule has 0 aliphatic rings. The molecule has 0 bridgehead atoms. The molecule has 2 rings (SSSR count). The Balaban J connectivity index is 1.86. The SMILES string of the molecule is COc1ccc(NC(=O)[C@H](C)NC(=O)/C=C/c2ccccc2)cn1. The second-order valence-electron chi connectivity index (χ2n) is 5.05. The molecule has 1 aromatic heterocycles. The number of nitrogens with one attached hydrogen (secondary N) is 2. The maximum atomic E-state index is 12.1. The van der Waals surface area contributed by atoms with Crippen molar-refractivity contribution in [2.75, 3.05) is 12.4 Å². The number of hydrogen-bond acceptors (Lipinski definition) is 4. The molecule has 6 nitrogen and oxygen atoms in total. The quantitative estimate of drug-likeness (QED) is 0.798. The summed E-state index contributed by atoms with van der Waals surface area (Å²) in [6.45, 7) is 1.61. The number of ether oxygens (including phenoxy) is 1. The Kier molecular flexibility index (Phi) is 6.08. The summed E-state index contributed by atoms with van der Waals surface area (Å²) in [7, 11) is 1.52. The van der Waals surface area contributed by atoms with Crippen LogP contribution in [-0.2, 0) is 9.59 Å². The molecular formula is C18H19N3O3. The van der Waals surface area contributed by atoms with E-state index in [0.29, 0.717) is 11.6 Å². The van der Waals surface area contributed by atoms with Gasteiger partial charge < -0.3 is 15.4 Å². The molecule has 1 aromatic carbocycles. The molecule has 24 heavy (non-hydrogen) atoms. The molecule has 0 saturated heterocycles.